The van der Waals surface area contributed by atoms with Crippen LogP contribution in [0.5, 0.6) is 0 Å². The molecule has 17 heavy (non-hydrogen) atoms. The SMILES string of the molecule is CCNC(C1=CCCCO1)c1ccc(CC)o1. The maximum absolute atomic E-state index is 5.82. The molecule has 3 nitrogen and oxygen atoms in total. The maximum atomic E-state index is 5.82. The van der Waals surface area contributed by atoms with Crippen molar-refractivity contribution < 1.29 is 9.15 Å². The largest absolute Gasteiger partial charge is 0.496 e. The second-order valence-electron chi connectivity index (χ2n) is 4.25. The predicted octanol–water partition coefficient (Wildman–Crippen LogP) is 3.19. The highest BCUT2D eigenvalue weighted by Crippen LogP contribution is 2.27. The van der Waals surface area contributed by atoms with Crippen LogP contribution < -0.4 is 5.32 Å². The molecule has 1 aromatic heterocycles. The van der Waals surface area contributed by atoms with Crippen LogP contribution in [0, 0.1) is 0 Å². The highest BCUT2D eigenvalue weighted by molar-refractivity contribution is 5.20. The van der Waals surface area contributed by atoms with E-state index in [-0.39, 0.29) is 6.04 Å². The van der Waals surface area contributed by atoms with E-state index in [1.807, 2.05) is 12.1 Å². The van der Waals surface area contributed by atoms with Crippen LogP contribution in [0.4, 0.5) is 0 Å². The molecule has 1 aromatic rings. The third-order valence-electron chi connectivity index (χ3n) is 2.97. The summed E-state index contributed by atoms with van der Waals surface area (Å²) in [6.45, 7) is 5.91. The van der Waals surface area contributed by atoms with Gasteiger partial charge in [0.25, 0.3) is 0 Å². The molecule has 0 radical (unpaired) electrons. The first kappa shape index (κ1) is 12.2. The van der Waals surface area contributed by atoms with Gasteiger partial charge < -0.3 is 14.5 Å². The average Bonchev–Trinajstić information content (AvgIpc) is 2.85. The van der Waals surface area contributed by atoms with Crippen LogP contribution in [0.15, 0.2) is 28.4 Å². The summed E-state index contributed by atoms with van der Waals surface area (Å²) in [5.41, 5.74) is 0. The van der Waals surface area contributed by atoms with Gasteiger partial charge in [-0.3, -0.25) is 0 Å². The number of likely N-dealkylation sites (N-methyl/N-ethyl adjacent to an activating group) is 1. The number of allylic oxidation sites excluding steroid dienone is 1. The molecule has 94 valence electrons. The summed E-state index contributed by atoms with van der Waals surface area (Å²) in [6, 6.07) is 4.16. The van der Waals surface area contributed by atoms with Gasteiger partial charge in [-0.15, -0.1) is 0 Å². The number of hydrogen-bond donors (Lipinski definition) is 1. The molecule has 0 saturated carbocycles. The van der Waals surface area contributed by atoms with Crippen molar-refractivity contribution in [2.24, 2.45) is 0 Å². The number of nitrogens with one attached hydrogen (secondary N) is 1. The highest BCUT2D eigenvalue weighted by atomic mass is 16.5. The molecule has 1 atom stereocenters. The average molecular weight is 235 g/mol. The second kappa shape index (κ2) is 5.92. The molecule has 3 heteroatoms. The van der Waals surface area contributed by atoms with E-state index in [2.05, 4.69) is 25.2 Å². The van der Waals surface area contributed by atoms with Gasteiger partial charge in [0.1, 0.15) is 23.3 Å². The lowest BCUT2D eigenvalue weighted by molar-refractivity contribution is 0.162. The fraction of sp³-hybridized carbons (Fsp3) is 0.571. The zero-order valence-corrected chi connectivity index (χ0v) is 10.7. The van der Waals surface area contributed by atoms with E-state index in [1.54, 1.807) is 0 Å². The highest BCUT2D eigenvalue weighted by Gasteiger charge is 2.22. The van der Waals surface area contributed by atoms with Gasteiger partial charge >= 0.3 is 0 Å². The number of rotatable bonds is 5. The molecule has 0 fully saturated rings. The van der Waals surface area contributed by atoms with Crippen LogP contribution in [-0.4, -0.2) is 13.2 Å². The first-order chi connectivity index (χ1) is 8.35. The first-order valence-electron chi connectivity index (χ1n) is 6.50. The Morgan fingerprint density at radius 2 is 2.24 bits per heavy atom. The summed E-state index contributed by atoms with van der Waals surface area (Å²) in [7, 11) is 0. The molecule has 1 unspecified atom stereocenters. The van der Waals surface area contributed by atoms with Gasteiger partial charge in [0.05, 0.1) is 6.61 Å². The van der Waals surface area contributed by atoms with Gasteiger partial charge in [-0.25, -0.2) is 0 Å². The molecule has 1 N–H and O–H groups in total. The van der Waals surface area contributed by atoms with Gasteiger partial charge in [0.2, 0.25) is 0 Å². The van der Waals surface area contributed by atoms with Gasteiger partial charge in [-0.05, 0) is 37.6 Å². The zero-order chi connectivity index (χ0) is 12.1. The molecule has 0 aromatic carbocycles. The second-order valence-corrected chi connectivity index (χ2v) is 4.25. The third kappa shape index (κ3) is 2.91. The van der Waals surface area contributed by atoms with Crippen molar-refractivity contribution in [2.75, 3.05) is 13.2 Å². The van der Waals surface area contributed by atoms with Crippen molar-refractivity contribution in [3.63, 3.8) is 0 Å². The van der Waals surface area contributed by atoms with E-state index in [1.165, 1.54) is 0 Å². The standard InChI is InChI=1S/C14H21NO2/c1-3-11-8-9-13(17-11)14(15-4-2)12-7-5-6-10-16-12/h7-9,14-15H,3-6,10H2,1-2H3. The van der Waals surface area contributed by atoms with Crippen molar-refractivity contribution in [1.29, 1.82) is 0 Å². The molecule has 2 rings (SSSR count). The Bertz CT molecular complexity index is 381. The molecule has 0 bridgehead atoms. The Kier molecular flexibility index (Phi) is 4.26. The summed E-state index contributed by atoms with van der Waals surface area (Å²) in [4.78, 5) is 0. The summed E-state index contributed by atoms with van der Waals surface area (Å²) in [5, 5.41) is 3.42. The van der Waals surface area contributed by atoms with Gasteiger partial charge in [0.15, 0.2) is 0 Å². The lowest BCUT2D eigenvalue weighted by atomic mass is 10.1. The summed E-state index contributed by atoms with van der Waals surface area (Å²) in [6.07, 6.45) is 5.31. The quantitative estimate of drug-likeness (QED) is 0.851. The fourth-order valence-electron chi connectivity index (χ4n) is 2.06. The molecule has 0 saturated heterocycles. The Labute approximate surface area is 103 Å². The van der Waals surface area contributed by atoms with Gasteiger partial charge in [-0.2, -0.15) is 0 Å². The zero-order valence-electron chi connectivity index (χ0n) is 10.7. The van der Waals surface area contributed by atoms with Crippen LogP contribution in [0.2, 0.25) is 0 Å². The molecule has 2 heterocycles. The topological polar surface area (TPSA) is 34.4 Å². The van der Waals surface area contributed by atoms with Crippen molar-refractivity contribution in [3.05, 3.63) is 35.5 Å². The summed E-state index contributed by atoms with van der Waals surface area (Å²) >= 11 is 0. The maximum Gasteiger partial charge on any atom is 0.128 e. The van der Waals surface area contributed by atoms with E-state index in [4.69, 9.17) is 9.15 Å². The van der Waals surface area contributed by atoms with Crippen molar-refractivity contribution in [2.45, 2.75) is 39.2 Å². The van der Waals surface area contributed by atoms with Gasteiger partial charge in [0, 0.05) is 6.42 Å². The van der Waals surface area contributed by atoms with Crippen LogP contribution in [0.25, 0.3) is 0 Å². The summed E-state index contributed by atoms with van der Waals surface area (Å²) < 4.78 is 11.5. The smallest absolute Gasteiger partial charge is 0.128 e. The van der Waals surface area contributed by atoms with Gasteiger partial charge in [-0.1, -0.05) is 13.8 Å². The Morgan fingerprint density at radius 3 is 2.82 bits per heavy atom. The van der Waals surface area contributed by atoms with Crippen LogP contribution in [-0.2, 0) is 11.2 Å². The number of aryl methyl sites for hydroxylation is 1. The van der Waals surface area contributed by atoms with Crippen LogP contribution in [0.3, 0.4) is 0 Å². The Balaban J connectivity index is 2.18. The number of ether oxygens (including phenoxy) is 1. The molecule has 0 aliphatic carbocycles. The van der Waals surface area contributed by atoms with Crippen molar-refractivity contribution in [1.82, 2.24) is 5.32 Å². The fourth-order valence-corrected chi connectivity index (χ4v) is 2.06. The van der Waals surface area contributed by atoms with E-state index in [0.29, 0.717) is 0 Å². The molecule has 0 amide bonds. The minimum atomic E-state index is 0.0700. The summed E-state index contributed by atoms with van der Waals surface area (Å²) in [5.74, 6) is 2.99. The number of furan rings is 1. The van der Waals surface area contributed by atoms with Crippen molar-refractivity contribution >= 4 is 0 Å². The third-order valence-corrected chi connectivity index (χ3v) is 2.97. The minimum absolute atomic E-state index is 0.0700. The normalized spacial score (nSPS) is 17.4. The molecule has 1 aliphatic heterocycles. The van der Waals surface area contributed by atoms with Crippen LogP contribution >= 0.6 is 0 Å². The number of hydrogen-bond acceptors (Lipinski definition) is 3. The lowest BCUT2D eigenvalue weighted by Crippen LogP contribution is -2.24. The van der Waals surface area contributed by atoms with E-state index in [0.717, 1.165) is 49.7 Å². The minimum Gasteiger partial charge on any atom is -0.496 e. The lowest BCUT2D eigenvalue weighted by Gasteiger charge is -2.22. The molecular weight excluding hydrogens is 214 g/mol. The monoisotopic (exact) mass is 235 g/mol. The predicted molar refractivity (Wildman–Crippen MR) is 67.8 cm³/mol. The Hall–Kier alpha value is -1.22. The Morgan fingerprint density at radius 1 is 1.35 bits per heavy atom. The molecule has 0 spiro atoms. The van der Waals surface area contributed by atoms with E-state index < -0.39 is 0 Å². The molecule has 1 aliphatic rings. The van der Waals surface area contributed by atoms with E-state index in [9.17, 15) is 0 Å². The van der Waals surface area contributed by atoms with Crippen LogP contribution in [0.1, 0.15) is 44.3 Å². The first-order valence-corrected chi connectivity index (χ1v) is 6.50. The van der Waals surface area contributed by atoms with E-state index >= 15 is 0 Å². The molecular formula is C14H21NO2. The van der Waals surface area contributed by atoms with Crippen molar-refractivity contribution in [3.8, 4) is 0 Å².